The number of carbonyl (C=O) groups is 1. The van der Waals surface area contributed by atoms with Crippen molar-refractivity contribution in [3.05, 3.63) is 65.5 Å². The molecule has 6 heteroatoms. The minimum absolute atomic E-state index is 0.000177. The minimum Gasteiger partial charge on any atom is -0.493 e. The van der Waals surface area contributed by atoms with Crippen molar-refractivity contribution < 1.29 is 18.3 Å². The number of alkyl halides is 1. The molecule has 0 bridgehead atoms. The van der Waals surface area contributed by atoms with E-state index in [-0.39, 0.29) is 23.6 Å². The van der Waals surface area contributed by atoms with E-state index >= 15 is 0 Å². The predicted octanol–water partition coefficient (Wildman–Crippen LogP) is 4.97. The summed E-state index contributed by atoms with van der Waals surface area (Å²) in [5.74, 6) is 0.860. The van der Waals surface area contributed by atoms with Gasteiger partial charge in [0.05, 0.1) is 13.3 Å². The highest BCUT2D eigenvalue weighted by molar-refractivity contribution is 5.76. The molecule has 0 unspecified atom stereocenters. The second kappa shape index (κ2) is 12.0. The lowest BCUT2D eigenvalue weighted by Crippen LogP contribution is -2.41. The molecule has 32 heavy (non-hydrogen) atoms. The third-order valence-corrected chi connectivity index (χ3v) is 5.92. The molecular formula is C26H34F2N2O2. The largest absolute Gasteiger partial charge is 0.493 e. The van der Waals surface area contributed by atoms with E-state index in [1.807, 2.05) is 24.3 Å². The van der Waals surface area contributed by atoms with E-state index in [0.717, 1.165) is 29.8 Å². The number of nitrogens with zero attached hydrogens (tertiary/aromatic N) is 1. The number of piperidine rings is 1. The van der Waals surface area contributed by atoms with Crippen LogP contribution in [0.15, 0.2) is 48.5 Å². The Balaban J connectivity index is 1.71. The molecule has 0 saturated carbocycles. The Hall–Kier alpha value is -2.47. The van der Waals surface area contributed by atoms with Crippen molar-refractivity contribution in [2.75, 3.05) is 26.4 Å². The van der Waals surface area contributed by atoms with Crippen LogP contribution in [0, 0.1) is 23.6 Å². The Morgan fingerprint density at radius 2 is 1.69 bits per heavy atom. The van der Waals surface area contributed by atoms with Crippen LogP contribution < -0.4 is 10.1 Å². The number of hydrogen-bond acceptors (Lipinski definition) is 3. The van der Waals surface area contributed by atoms with Gasteiger partial charge in [-0.25, -0.2) is 4.39 Å². The average molecular weight is 445 g/mol. The topological polar surface area (TPSA) is 41.6 Å². The molecule has 1 aliphatic heterocycles. The lowest BCUT2D eigenvalue weighted by Gasteiger charge is -2.32. The van der Waals surface area contributed by atoms with Gasteiger partial charge in [-0.15, -0.1) is 0 Å². The molecule has 0 radical (unpaired) electrons. The molecule has 1 saturated heterocycles. The summed E-state index contributed by atoms with van der Waals surface area (Å²) >= 11 is 0. The molecule has 2 aromatic carbocycles. The van der Waals surface area contributed by atoms with Crippen LogP contribution in [0.4, 0.5) is 8.78 Å². The summed E-state index contributed by atoms with van der Waals surface area (Å²) in [6, 6.07) is 14.0. The normalized spacial score (nSPS) is 18.5. The fourth-order valence-corrected chi connectivity index (χ4v) is 4.00. The average Bonchev–Trinajstić information content (AvgIpc) is 2.80. The molecule has 0 aromatic heterocycles. The molecule has 4 nitrogen and oxygen atoms in total. The van der Waals surface area contributed by atoms with Crippen molar-refractivity contribution in [3.8, 4) is 5.75 Å². The third kappa shape index (κ3) is 7.30. The summed E-state index contributed by atoms with van der Waals surface area (Å²) in [5.41, 5.74) is 1.86. The summed E-state index contributed by atoms with van der Waals surface area (Å²) in [4.78, 5) is 15.1. The Bertz CT molecular complexity index is 840. The van der Waals surface area contributed by atoms with Crippen molar-refractivity contribution in [1.82, 2.24) is 10.2 Å². The van der Waals surface area contributed by atoms with E-state index in [1.54, 1.807) is 17.0 Å². The van der Waals surface area contributed by atoms with Crippen LogP contribution in [-0.4, -0.2) is 37.2 Å². The van der Waals surface area contributed by atoms with Gasteiger partial charge in [0.15, 0.2) is 0 Å². The number of rotatable bonds is 10. The SMILES string of the molecule is CC(C)COc1ccc(CN(Cc2ccc(F)cc2)C(=O)C[C@@H]2CCNC[C@@H]2CF)cc1. The summed E-state index contributed by atoms with van der Waals surface area (Å²) in [6.07, 6.45) is 1.12. The quantitative estimate of drug-likeness (QED) is 0.562. The number of benzene rings is 2. The molecule has 2 atom stereocenters. The van der Waals surface area contributed by atoms with Gasteiger partial charge in [0.25, 0.3) is 0 Å². The number of carbonyl (C=O) groups excluding carboxylic acids is 1. The first-order chi connectivity index (χ1) is 15.4. The first kappa shape index (κ1) is 24.2. The zero-order valence-corrected chi connectivity index (χ0v) is 19.0. The minimum atomic E-state index is -0.416. The van der Waals surface area contributed by atoms with Crippen molar-refractivity contribution in [1.29, 1.82) is 0 Å². The van der Waals surface area contributed by atoms with E-state index in [2.05, 4.69) is 19.2 Å². The van der Waals surface area contributed by atoms with Gasteiger partial charge < -0.3 is 15.0 Å². The fourth-order valence-electron chi connectivity index (χ4n) is 4.00. The number of halogens is 2. The predicted molar refractivity (Wildman–Crippen MR) is 122 cm³/mol. The maximum atomic E-state index is 13.5. The summed E-state index contributed by atoms with van der Waals surface area (Å²) in [6.45, 7) is 6.68. The van der Waals surface area contributed by atoms with Crippen molar-refractivity contribution in [3.63, 3.8) is 0 Å². The van der Waals surface area contributed by atoms with Gasteiger partial charge in [-0.1, -0.05) is 38.1 Å². The van der Waals surface area contributed by atoms with Crippen LogP contribution in [0.25, 0.3) is 0 Å². The van der Waals surface area contributed by atoms with Crippen LogP contribution in [0.5, 0.6) is 5.75 Å². The standard InChI is InChI=1S/C26H34F2N2O2/c1-19(2)18-32-25-9-5-21(6-10-25)17-30(16-20-3-7-24(28)8-4-20)26(31)13-22-11-12-29-15-23(22)14-27/h3-10,19,22-23,29H,11-18H2,1-2H3/t22-,23-/m0/s1. The van der Waals surface area contributed by atoms with Gasteiger partial charge in [-0.2, -0.15) is 0 Å². The van der Waals surface area contributed by atoms with Gasteiger partial charge in [-0.05, 0) is 60.2 Å². The second-order valence-electron chi connectivity index (χ2n) is 9.10. The first-order valence-electron chi connectivity index (χ1n) is 11.4. The van der Waals surface area contributed by atoms with Crippen molar-refractivity contribution in [2.45, 2.75) is 39.8 Å². The molecule has 1 heterocycles. The summed E-state index contributed by atoms with van der Waals surface area (Å²) in [7, 11) is 0. The molecule has 1 amide bonds. The Morgan fingerprint density at radius 1 is 1.06 bits per heavy atom. The molecule has 1 fully saturated rings. The Labute approximate surface area is 190 Å². The van der Waals surface area contributed by atoms with Crippen molar-refractivity contribution in [2.24, 2.45) is 17.8 Å². The molecule has 1 N–H and O–H groups in total. The maximum absolute atomic E-state index is 13.5. The number of hydrogen-bond donors (Lipinski definition) is 1. The maximum Gasteiger partial charge on any atom is 0.223 e. The Kier molecular flexibility index (Phi) is 9.03. The van der Waals surface area contributed by atoms with E-state index in [9.17, 15) is 13.6 Å². The van der Waals surface area contributed by atoms with E-state index in [0.29, 0.717) is 38.6 Å². The number of amides is 1. The molecule has 3 rings (SSSR count). The monoisotopic (exact) mass is 444 g/mol. The zero-order valence-electron chi connectivity index (χ0n) is 19.0. The third-order valence-electron chi connectivity index (χ3n) is 5.92. The van der Waals surface area contributed by atoms with Crippen LogP contribution >= 0.6 is 0 Å². The zero-order chi connectivity index (χ0) is 22.9. The van der Waals surface area contributed by atoms with E-state index in [1.165, 1.54) is 12.1 Å². The molecular weight excluding hydrogens is 410 g/mol. The molecule has 0 spiro atoms. The highest BCUT2D eigenvalue weighted by Crippen LogP contribution is 2.25. The van der Waals surface area contributed by atoms with Crippen LogP contribution in [0.2, 0.25) is 0 Å². The highest BCUT2D eigenvalue weighted by atomic mass is 19.1. The number of ether oxygens (including phenoxy) is 1. The van der Waals surface area contributed by atoms with E-state index < -0.39 is 6.67 Å². The van der Waals surface area contributed by atoms with Crippen LogP contribution in [0.1, 0.15) is 37.8 Å². The lowest BCUT2D eigenvalue weighted by atomic mass is 9.84. The van der Waals surface area contributed by atoms with Crippen LogP contribution in [0.3, 0.4) is 0 Å². The van der Waals surface area contributed by atoms with Gasteiger partial charge in [0, 0.05) is 32.0 Å². The Morgan fingerprint density at radius 3 is 2.28 bits per heavy atom. The summed E-state index contributed by atoms with van der Waals surface area (Å²) in [5, 5.41) is 3.21. The van der Waals surface area contributed by atoms with Crippen molar-refractivity contribution >= 4 is 5.91 Å². The van der Waals surface area contributed by atoms with Gasteiger partial charge in [0.2, 0.25) is 5.91 Å². The smallest absolute Gasteiger partial charge is 0.223 e. The number of nitrogens with one attached hydrogen (secondary N) is 1. The molecule has 2 aromatic rings. The molecule has 1 aliphatic rings. The molecule has 174 valence electrons. The van der Waals surface area contributed by atoms with E-state index in [4.69, 9.17) is 4.74 Å². The summed E-state index contributed by atoms with van der Waals surface area (Å²) < 4.78 is 32.5. The lowest BCUT2D eigenvalue weighted by molar-refractivity contribution is -0.134. The molecule has 0 aliphatic carbocycles. The van der Waals surface area contributed by atoms with Gasteiger partial charge in [-0.3, -0.25) is 9.18 Å². The van der Waals surface area contributed by atoms with Gasteiger partial charge >= 0.3 is 0 Å². The van der Waals surface area contributed by atoms with Crippen LogP contribution in [-0.2, 0) is 17.9 Å². The van der Waals surface area contributed by atoms with Gasteiger partial charge in [0.1, 0.15) is 11.6 Å². The highest BCUT2D eigenvalue weighted by Gasteiger charge is 2.29. The second-order valence-corrected chi connectivity index (χ2v) is 9.10. The fraction of sp³-hybridized carbons (Fsp3) is 0.500. The first-order valence-corrected chi connectivity index (χ1v) is 11.4.